The Bertz CT molecular complexity index is 473. The molecule has 2 atom stereocenters. The Kier molecular flexibility index (Phi) is 7.91. The van der Waals surface area contributed by atoms with Crippen molar-refractivity contribution in [2.45, 2.75) is 52.4 Å². The van der Waals surface area contributed by atoms with Gasteiger partial charge in [0.1, 0.15) is 5.75 Å². The van der Waals surface area contributed by atoms with E-state index in [1.165, 1.54) is 0 Å². The molecule has 0 bridgehead atoms. The van der Waals surface area contributed by atoms with Gasteiger partial charge in [0, 0.05) is 25.8 Å². The number of carbonyl (C=O) groups is 1. The third-order valence-electron chi connectivity index (χ3n) is 3.61. The van der Waals surface area contributed by atoms with E-state index in [1.807, 2.05) is 32.0 Å². The number of ether oxygens (including phenoxy) is 2. The van der Waals surface area contributed by atoms with E-state index < -0.39 is 0 Å². The highest BCUT2D eigenvalue weighted by molar-refractivity contribution is 5.76. The molecule has 0 spiro atoms. The van der Waals surface area contributed by atoms with E-state index in [4.69, 9.17) is 15.2 Å². The molecular formula is C17H28N2O3. The van der Waals surface area contributed by atoms with E-state index in [1.54, 1.807) is 7.11 Å². The average molecular weight is 308 g/mol. The van der Waals surface area contributed by atoms with Gasteiger partial charge in [-0.1, -0.05) is 19.1 Å². The van der Waals surface area contributed by atoms with E-state index in [-0.39, 0.29) is 24.5 Å². The SMILES string of the molecule is CCC(C)Oc1cc(C)ccc1CNC(=O)CC(CN)OC. The van der Waals surface area contributed by atoms with Crippen molar-refractivity contribution in [3.8, 4) is 5.75 Å². The van der Waals surface area contributed by atoms with Crippen LogP contribution in [0.5, 0.6) is 5.75 Å². The van der Waals surface area contributed by atoms with Gasteiger partial charge >= 0.3 is 0 Å². The molecule has 0 heterocycles. The van der Waals surface area contributed by atoms with Crippen molar-refractivity contribution < 1.29 is 14.3 Å². The molecule has 2 unspecified atom stereocenters. The number of hydrogen-bond donors (Lipinski definition) is 2. The predicted molar refractivity (Wildman–Crippen MR) is 87.9 cm³/mol. The lowest BCUT2D eigenvalue weighted by Gasteiger charge is -2.18. The normalized spacial score (nSPS) is 13.5. The average Bonchev–Trinajstić information content (AvgIpc) is 2.51. The van der Waals surface area contributed by atoms with E-state index in [0.717, 1.165) is 23.3 Å². The Morgan fingerprint density at radius 2 is 2.14 bits per heavy atom. The third kappa shape index (κ3) is 6.03. The largest absolute Gasteiger partial charge is 0.490 e. The van der Waals surface area contributed by atoms with Crippen LogP contribution >= 0.6 is 0 Å². The summed E-state index contributed by atoms with van der Waals surface area (Å²) in [6.07, 6.45) is 1.10. The van der Waals surface area contributed by atoms with E-state index in [9.17, 15) is 4.79 Å². The van der Waals surface area contributed by atoms with Crippen molar-refractivity contribution in [2.24, 2.45) is 5.73 Å². The summed E-state index contributed by atoms with van der Waals surface area (Å²) < 4.78 is 11.1. The van der Waals surface area contributed by atoms with Crippen LogP contribution in [0.4, 0.5) is 0 Å². The first-order valence-electron chi connectivity index (χ1n) is 7.75. The van der Waals surface area contributed by atoms with Crippen molar-refractivity contribution in [1.29, 1.82) is 0 Å². The number of nitrogens with one attached hydrogen (secondary N) is 1. The van der Waals surface area contributed by atoms with Crippen LogP contribution in [0.25, 0.3) is 0 Å². The van der Waals surface area contributed by atoms with Crippen molar-refractivity contribution >= 4 is 5.91 Å². The Balaban J connectivity index is 2.66. The quantitative estimate of drug-likeness (QED) is 0.733. The van der Waals surface area contributed by atoms with Crippen LogP contribution < -0.4 is 15.8 Å². The van der Waals surface area contributed by atoms with Crippen LogP contribution in [0.15, 0.2) is 18.2 Å². The monoisotopic (exact) mass is 308 g/mol. The minimum atomic E-state index is -0.242. The highest BCUT2D eigenvalue weighted by Crippen LogP contribution is 2.22. The number of rotatable bonds is 9. The van der Waals surface area contributed by atoms with Gasteiger partial charge in [-0.15, -0.1) is 0 Å². The molecule has 22 heavy (non-hydrogen) atoms. The van der Waals surface area contributed by atoms with Crippen LogP contribution in [0.2, 0.25) is 0 Å². The lowest BCUT2D eigenvalue weighted by molar-refractivity contribution is -0.123. The van der Waals surface area contributed by atoms with Crippen LogP contribution in [-0.4, -0.2) is 31.8 Å². The zero-order chi connectivity index (χ0) is 16.5. The first-order chi connectivity index (χ1) is 10.5. The summed E-state index contributed by atoms with van der Waals surface area (Å²) >= 11 is 0. The van der Waals surface area contributed by atoms with Gasteiger partial charge in [-0.2, -0.15) is 0 Å². The molecule has 1 aromatic rings. The maximum atomic E-state index is 11.9. The topological polar surface area (TPSA) is 73.6 Å². The molecule has 1 rings (SSSR count). The molecule has 0 aromatic heterocycles. The molecule has 0 aliphatic carbocycles. The smallest absolute Gasteiger partial charge is 0.222 e. The molecule has 3 N–H and O–H groups in total. The van der Waals surface area contributed by atoms with Gasteiger partial charge in [0.25, 0.3) is 0 Å². The fourth-order valence-electron chi connectivity index (χ4n) is 1.95. The standard InChI is InChI=1S/C17H28N2O3/c1-5-13(3)22-16-8-12(2)6-7-14(16)11-19-17(20)9-15(10-18)21-4/h6-8,13,15H,5,9-11,18H2,1-4H3,(H,19,20). The zero-order valence-electron chi connectivity index (χ0n) is 14.0. The van der Waals surface area contributed by atoms with Gasteiger partial charge < -0.3 is 20.5 Å². The molecule has 1 amide bonds. The molecule has 5 nitrogen and oxygen atoms in total. The number of nitrogens with two attached hydrogens (primary N) is 1. The first-order valence-corrected chi connectivity index (χ1v) is 7.75. The summed E-state index contributed by atoms with van der Waals surface area (Å²) in [6, 6.07) is 6.01. The van der Waals surface area contributed by atoms with Crippen LogP contribution in [0.1, 0.15) is 37.8 Å². The van der Waals surface area contributed by atoms with Crippen LogP contribution in [0, 0.1) is 6.92 Å². The molecule has 1 aromatic carbocycles. The van der Waals surface area contributed by atoms with E-state index in [2.05, 4.69) is 12.2 Å². The zero-order valence-corrected chi connectivity index (χ0v) is 14.0. The third-order valence-corrected chi connectivity index (χ3v) is 3.61. The molecule has 0 fully saturated rings. The van der Waals surface area contributed by atoms with Gasteiger partial charge in [-0.25, -0.2) is 0 Å². The maximum Gasteiger partial charge on any atom is 0.222 e. The second kappa shape index (κ2) is 9.43. The summed E-state index contributed by atoms with van der Waals surface area (Å²) in [7, 11) is 1.56. The summed E-state index contributed by atoms with van der Waals surface area (Å²) in [6.45, 7) is 6.91. The molecular weight excluding hydrogens is 280 g/mol. The molecule has 0 saturated heterocycles. The second-order valence-electron chi connectivity index (χ2n) is 5.52. The second-order valence-corrected chi connectivity index (χ2v) is 5.52. The van der Waals surface area contributed by atoms with Crippen molar-refractivity contribution in [3.05, 3.63) is 29.3 Å². The Morgan fingerprint density at radius 3 is 2.73 bits per heavy atom. The summed E-state index contributed by atoms with van der Waals surface area (Å²) in [5.74, 6) is 0.754. The summed E-state index contributed by atoms with van der Waals surface area (Å²) in [5.41, 5.74) is 7.63. The number of amides is 1. The van der Waals surface area contributed by atoms with Gasteiger partial charge in [0.2, 0.25) is 5.91 Å². The number of benzene rings is 1. The van der Waals surface area contributed by atoms with Gasteiger partial charge in [-0.3, -0.25) is 4.79 Å². The number of methoxy groups -OCH3 is 1. The minimum Gasteiger partial charge on any atom is -0.490 e. The van der Waals surface area contributed by atoms with E-state index >= 15 is 0 Å². The van der Waals surface area contributed by atoms with Crippen molar-refractivity contribution in [1.82, 2.24) is 5.32 Å². The highest BCUT2D eigenvalue weighted by atomic mass is 16.5. The Labute approximate surface area is 133 Å². The van der Waals surface area contributed by atoms with Crippen molar-refractivity contribution in [2.75, 3.05) is 13.7 Å². The fourth-order valence-corrected chi connectivity index (χ4v) is 1.95. The van der Waals surface area contributed by atoms with Crippen LogP contribution in [0.3, 0.4) is 0 Å². The molecule has 5 heteroatoms. The highest BCUT2D eigenvalue weighted by Gasteiger charge is 2.13. The number of aryl methyl sites for hydroxylation is 1. The maximum absolute atomic E-state index is 11.9. The lowest BCUT2D eigenvalue weighted by Crippen LogP contribution is -2.32. The predicted octanol–water partition coefficient (Wildman–Crippen LogP) is 2.15. The minimum absolute atomic E-state index is 0.0765. The molecule has 0 aliphatic rings. The van der Waals surface area contributed by atoms with Crippen LogP contribution in [-0.2, 0) is 16.1 Å². The summed E-state index contributed by atoms with van der Waals surface area (Å²) in [4.78, 5) is 11.9. The fraction of sp³-hybridized carbons (Fsp3) is 0.588. The molecule has 0 radical (unpaired) electrons. The Hall–Kier alpha value is -1.59. The molecule has 0 saturated carbocycles. The summed E-state index contributed by atoms with van der Waals surface area (Å²) in [5, 5.41) is 2.89. The van der Waals surface area contributed by atoms with Gasteiger partial charge in [-0.05, 0) is 31.9 Å². The van der Waals surface area contributed by atoms with Gasteiger partial charge in [0.15, 0.2) is 0 Å². The first kappa shape index (κ1) is 18.5. The number of carbonyl (C=O) groups excluding carboxylic acids is 1. The lowest BCUT2D eigenvalue weighted by atomic mass is 10.1. The molecule has 124 valence electrons. The molecule has 0 aliphatic heterocycles. The van der Waals surface area contributed by atoms with E-state index in [0.29, 0.717) is 13.1 Å². The number of hydrogen-bond acceptors (Lipinski definition) is 4. The Morgan fingerprint density at radius 1 is 1.41 bits per heavy atom. The van der Waals surface area contributed by atoms with Crippen molar-refractivity contribution in [3.63, 3.8) is 0 Å². The van der Waals surface area contributed by atoms with Gasteiger partial charge in [0.05, 0.1) is 18.6 Å².